The molecule has 1 N–H and O–H groups in total. The molecule has 2 heterocycles. The highest BCUT2D eigenvalue weighted by molar-refractivity contribution is 5.17. The predicted octanol–water partition coefficient (Wildman–Crippen LogP) is 1.75. The molecular formula is C14H22N4O. The number of hydrogen-bond acceptors (Lipinski definition) is 4. The molecule has 0 aliphatic heterocycles. The molecule has 2 rings (SSSR count). The molecule has 2 aromatic rings. The van der Waals surface area contributed by atoms with Gasteiger partial charge in [0.05, 0.1) is 19.0 Å². The van der Waals surface area contributed by atoms with E-state index in [0.29, 0.717) is 0 Å². The van der Waals surface area contributed by atoms with E-state index in [1.165, 1.54) is 11.1 Å². The Labute approximate surface area is 114 Å². The van der Waals surface area contributed by atoms with E-state index in [0.717, 1.165) is 31.9 Å². The summed E-state index contributed by atoms with van der Waals surface area (Å²) in [6.45, 7) is 5.62. The third kappa shape index (κ3) is 3.94. The fraction of sp³-hybridized carbons (Fsp3) is 0.500. The lowest BCUT2D eigenvalue weighted by Gasteiger charge is -2.15. The number of nitrogens with one attached hydrogen (secondary N) is 1. The van der Waals surface area contributed by atoms with Gasteiger partial charge in [0, 0.05) is 37.5 Å². The zero-order valence-corrected chi connectivity index (χ0v) is 11.9. The van der Waals surface area contributed by atoms with E-state index in [-0.39, 0.29) is 0 Å². The van der Waals surface area contributed by atoms with E-state index >= 15 is 0 Å². The van der Waals surface area contributed by atoms with Gasteiger partial charge in [-0.3, -0.25) is 9.58 Å². The highest BCUT2D eigenvalue weighted by Gasteiger charge is 2.10. The van der Waals surface area contributed by atoms with Crippen molar-refractivity contribution in [3.05, 3.63) is 41.6 Å². The second-order valence-corrected chi connectivity index (χ2v) is 4.84. The van der Waals surface area contributed by atoms with Crippen LogP contribution >= 0.6 is 0 Å². The molecule has 0 atom stereocenters. The van der Waals surface area contributed by atoms with Gasteiger partial charge in [-0.2, -0.15) is 5.10 Å². The summed E-state index contributed by atoms with van der Waals surface area (Å²) < 4.78 is 7.40. The molecule has 0 spiro atoms. The normalized spacial score (nSPS) is 11.4. The molecule has 19 heavy (non-hydrogen) atoms. The van der Waals surface area contributed by atoms with Crippen LogP contribution < -0.4 is 5.32 Å². The number of rotatable bonds is 7. The maximum Gasteiger partial charge on any atom is 0.122 e. The number of nitrogens with zero attached hydrogens (tertiary/aromatic N) is 3. The van der Waals surface area contributed by atoms with Crippen LogP contribution in [0.15, 0.2) is 29.1 Å². The first-order valence-electron chi connectivity index (χ1n) is 6.61. The molecule has 104 valence electrons. The van der Waals surface area contributed by atoms with Crippen molar-refractivity contribution in [2.75, 3.05) is 13.6 Å². The van der Waals surface area contributed by atoms with Gasteiger partial charge in [0.1, 0.15) is 5.76 Å². The molecule has 0 aromatic carbocycles. The molecule has 0 saturated heterocycles. The average Bonchev–Trinajstić information content (AvgIpc) is 2.96. The monoisotopic (exact) mass is 262 g/mol. The highest BCUT2D eigenvalue weighted by Crippen LogP contribution is 2.14. The first-order chi connectivity index (χ1) is 9.19. The topological polar surface area (TPSA) is 46.2 Å². The Morgan fingerprint density at radius 2 is 2.26 bits per heavy atom. The quantitative estimate of drug-likeness (QED) is 0.826. The van der Waals surface area contributed by atoms with E-state index in [4.69, 9.17) is 4.42 Å². The van der Waals surface area contributed by atoms with E-state index in [1.807, 2.05) is 30.2 Å². The van der Waals surface area contributed by atoms with Gasteiger partial charge in [-0.25, -0.2) is 0 Å². The Morgan fingerprint density at radius 1 is 1.42 bits per heavy atom. The summed E-state index contributed by atoms with van der Waals surface area (Å²) in [6, 6.07) is 2.04. The third-order valence-corrected chi connectivity index (χ3v) is 3.03. The number of aromatic nitrogens is 2. The molecule has 0 fully saturated rings. The second kappa shape index (κ2) is 6.54. The minimum absolute atomic E-state index is 0.808. The minimum atomic E-state index is 0.808. The van der Waals surface area contributed by atoms with E-state index in [9.17, 15) is 0 Å². The van der Waals surface area contributed by atoms with Gasteiger partial charge in [-0.1, -0.05) is 6.92 Å². The maximum absolute atomic E-state index is 5.57. The van der Waals surface area contributed by atoms with Crippen LogP contribution in [0.25, 0.3) is 0 Å². The van der Waals surface area contributed by atoms with Crippen LogP contribution in [0, 0.1) is 0 Å². The van der Waals surface area contributed by atoms with E-state index in [1.54, 1.807) is 6.26 Å². The molecular weight excluding hydrogens is 240 g/mol. The highest BCUT2D eigenvalue weighted by atomic mass is 16.3. The minimum Gasteiger partial charge on any atom is -0.468 e. The maximum atomic E-state index is 5.57. The van der Waals surface area contributed by atoms with Crippen LogP contribution in [0.1, 0.15) is 23.8 Å². The van der Waals surface area contributed by atoms with Crippen molar-refractivity contribution in [2.45, 2.75) is 26.6 Å². The lowest BCUT2D eigenvalue weighted by atomic mass is 10.2. The fourth-order valence-corrected chi connectivity index (χ4v) is 2.09. The van der Waals surface area contributed by atoms with Crippen LogP contribution in [0.2, 0.25) is 0 Å². The van der Waals surface area contributed by atoms with Crippen molar-refractivity contribution in [1.29, 1.82) is 0 Å². The summed E-state index contributed by atoms with van der Waals surface area (Å²) in [6.07, 6.45) is 5.70. The summed E-state index contributed by atoms with van der Waals surface area (Å²) in [5.41, 5.74) is 2.45. The zero-order valence-electron chi connectivity index (χ0n) is 11.9. The summed E-state index contributed by atoms with van der Waals surface area (Å²) in [5, 5.41) is 7.51. The van der Waals surface area contributed by atoms with Gasteiger partial charge >= 0.3 is 0 Å². The summed E-state index contributed by atoms with van der Waals surface area (Å²) >= 11 is 0. The van der Waals surface area contributed by atoms with Gasteiger partial charge in [0.25, 0.3) is 0 Å². The Morgan fingerprint density at radius 3 is 2.95 bits per heavy atom. The van der Waals surface area contributed by atoms with Gasteiger partial charge in [-0.15, -0.1) is 0 Å². The molecule has 5 nitrogen and oxygen atoms in total. The summed E-state index contributed by atoms with van der Waals surface area (Å²) in [5.74, 6) is 1.03. The smallest absolute Gasteiger partial charge is 0.122 e. The standard InChI is InChI=1S/C14H22N4O/c1-4-15-8-13-5-6-19-14(13)11-17(2)9-12-7-16-18(3)10-12/h5-7,10,15H,4,8-9,11H2,1-3H3. The lowest BCUT2D eigenvalue weighted by Crippen LogP contribution is -2.19. The number of aryl methyl sites for hydroxylation is 1. The predicted molar refractivity (Wildman–Crippen MR) is 74.5 cm³/mol. The van der Waals surface area contributed by atoms with Crippen molar-refractivity contribution >= 4 is 0 Å². The molecule has 0 bridgehead atoms. The molecule has 5 heteroatoms. The zero-order chi connectivity index (χ0) is 13.7. The van der Waals surface area contributed by atoms with Crippen LogP contribution in [-0.4, -0.2) is 28.3 Å². The van der Waals surface area contributed by atoms with Gasteiger partial charge in [-0.05, 0) is 19.7 Å². The molecule has 0 amide bonds. The molecule has 0 saturated carbocycles. The molecule has 0 radical (unpaired) electrons. The van der Waals surface area contributed by atoms with Crippen LogP contribution in [0.3, 0.4) is 0 Å². The van der Waals surface area contributed by atoms with Gasteiger partial charge < -0.3 is 9.73 Å². The van der Waals surface area contributed by atoms with E-state index < -0.39 is 0 Å². The molecule has 0 unspecified atom stereocenters. The van der Waals surface area contributed by atoms with Crippen LogP contribution in [0.4, 0.5) is 0 Å². The van der Waals surface area contributed by atoms with Crippen LogP contribution in [0.5, 0.6) is 0 Å². The number of furan rings is 1. The first-order valence-corrected chi connectivity index (χ1v) is 6.61. The fourth-order valence-electron chi connectivity index (χ4n) is 2.09. The van der Waals surface area contributed by atoms with Crippen molar-refractivity contribution in [3.8, 4) is 0 Å². The third-order valence-electron chi connectivity index (χ3n) is 3.03. The van der Waals surface area contributed by atoms with Gasteiger partial charge in [0.15, 0.2) is 0 Å². The largest absolute Gasteiger partial charge is 0.468 e. The van der Waals surface area contributed by atoms with Crippen molar-refractivity contribution in [3.63, 3.8) is 0 Å². The first kappa shape index (κ1) is 13.8. The Kier molecular flexibility index (Phi) is 4.76. The lowest BCUT2D eigenvalue weighted by molar-refractivity contribution is 0.286. The molecule has 2 aromatic heterocycles. The molecule has 0 aliphatic carbocycles. The summed E-state index contributed by atoms with van der Waals surface area (Å²) in [4.78, 5) is 2.23. The van der Waals surface area contributed by atoms with E-state index in [2.05, 4.69) is 29.3 Å². The average molecular weight is 262 g/mol. The van der Waals surface area contributed by atoms with Gasteiger partial charge in [0.2, 0.25) is 0 Å². The Balaban J connectivity index is 1.91. The second-order valence-electron chi connectivity index (χ2n) is 4.84. The Hall–Kier alpha value is -1.59. The number of hydrogen-bond donors (Lipinski definition) is 1. The van der Waals surface area contributed by atoms with Crippen molar-refractivity contribution in [1.82, 2.24) is 20.0 Å². The summed E-state index contributed by atoms with van der Waals surface area (Å²) in [7, 11) is 4.02. The SMILES string of the molecule is CCNCc1ccoc1CN(C)Cc1cnn(C)c1. The van der Waals surface area contributed by atoms with Crippen molar-refractivity contribution in [2.24, 2.45) is 7.05 Å². The van der Waals surface area contributed by atoms with Crippen LogP contribution in [-0.2, 0) is 26.7 Å². The van der Waals surface area contributed by atoms with Crippen molar-refractivity contribution < 1.29 is 4.42 Å². The Bertz CT molecular complexity index is 503. The molecule has 0 aliphatic rings.